The summed E-state index contributed by atoms with van der Waals surface area (Å²) in [6.45, 7) is 0.0150. The summed E-state index contributed by atoms with van der Waals surface area (Å²) in [7, 11) is -3.64. The van der Waals surface area contributed by atoms with E-state index in [-0.39, 0.29) is 23.1 Å². The minimum Gasteiger partial charge on any atom is -0.484 e. The van der Waals surface area contributed by atoms with Crippen LogP contribution in [-0.2, 0) is 21.2 Å². The van der Waals surface area contributed by atoms with Crippen LogP contribution in [0.4, 0.5) is 5.69 Å². The van der Waals surface area contributed by atoms with Gasteiger partial charge in [0.15, 0.2) is 6.61 Å². The first-order valence-corrected chi connectivity index (χ1v) is 11.6. The number of carbonyl (C=O) groups is 1. The van der Waals surface area contributed by atoms with Crippen LogP contribution in [0.5, 0.6) is 5.75 Å². The minimum atomic E-state index is -3.64. The quantitative estimate of drug-likeness (QED) is 0.472. The predicted molar refractivity (Wildman–Crippen MR) is 122 cm³/mol. The van der Waals surface area contributed by atoms with Crippen molar-refractivity contribution in [3.8, 4) is 5.75 Å². The molecular formula is C22H20Cl2N2O4S. The second-order valence-electron chi connectivity index (χ2n) is 6.54. The Bertz CT molecular complexity index is 1140. The summed E-state index contributed by atoms with van der Waals surface area (Å²) in [5.74, 6) is -0.0704. The van der Waals surface area contributed by atoms with Crippen LogP contribution in [0, 0.1) is 0 Å². The van der Waals surface area contributed by atoms with Crippen molar-refractivity contribution in [1.82, 2.24) is 4.72 Å². The molecule has 0 fully saturated rings. The van der Waals surface area contributed by atoms with Gasteiger partial charge in [0.25, 0.3) is 5.91 Å². The first-order chi connectivity index (χ1) is 14.8. The van der Waals surface area contributed by atoms with Gasteiger partial charge in [0, 0.05) is 6.54 Å². The zero-order valence-corrected chi connectivity index (χ0v) is 18.7. The smallest absolute Gasteiger partial charge is 0.262 e. The highest BCUT2D eigenvalue weighted by molar-refractivity contribution is 7.89. The molecule has 31 heavy (non-hydrogen) atoms. The van der Waals surface area contributed by atoms with Crippen molar-refractivity contribution in [3.63, 3.8) is 0 Å². The summed E-state index contributed by atoms with van der Waals surface area (Å²) in [6, 6.07) is 20.3. The van der Waals surface area contributed by atoms with Crippen molar-refractivity contribution in [3.05, 3.63) is 88.4 Å². The lowest BCUT2D eigenvalue weighted by Crippen LogP contribution is -2.26. The Morgan fingerprint density at radius 1 is 0.903 bits per heavy atom. The Morgan fingerprint density at radius 3 is 2.32 bits per heavy atom. The summed E-state index contributed by atoms with van der Waals surface area (Å²) in [5, 5.41) is 3.18. The van der Waals surface area contributed by atoms with Crippen LogP contribution in [0.2, 0.25) is 10.0 Å². The van der Waals surface area contributed by atoms with Gasteiger partial charge >= 0.3 is 0 Å². The largest absolute Gasteiger partial charge is 0.484 e. The zero-order valence-electron chi connectivity index (χ0n) is 16.3. The fraction of sp³-hybridized carbons (Fsp3) is 0.136. The maximum atomic E-state index is 12.4. The van der Waals surface area contributed by atoms with Crippen LogP contribution < -0.4 is 14.8 Å². The van der Waals surface area contributed by atoms with E-state index < -0.39 is 15.9 Å². The Balaban J connectivity index is 1.51. The van der Waals surface area contributed by atoms with Gasteiger partial charge in [0.1, 0.15) is 5.75 Å². The number of hydrogen-bond acceptors (Lipinski definition) is 4. The molecule has 3 rings (SSSR count). The van der Waals surface area contributed by atoms with E-state index >= 15 is 0 Å². The van der Waals surface area contributed by atoms with Crippen LogP contribution >= 0.6 is 23.2 Å². The number of halogens is 2. The second-order valence-corrected chi connectivity index (χ2v) is 9.10. The number of anilines is 1. The van der Waals surface area contributed by atoms with Gasteiger partial charge in [-0.15, -0.1) is 0 Å². The van der Waals surface area contributed by atoms with Crippen molar-refractivity contribution in [2.45, 2.75) is 11.3 Å². The summed E-state index contributed by atoms with van der Waals surface area (Å²) < 4.78 is 32.8. The number of carbonyl (C=O) groups excluding carboxylic acids is 1. The third kappa shape index (κ3) is 6.70. The molecular weight excluding hydrogens is 459 g/mol. The third-order valence-corrected chi connectivity index (χ3v) is 6.57. The molecule has 0 atom stereocenters. The molecule has 2 N–H and O–H groups in total. The maximum Gasteiger partial charge on any atom is 0.262 e. The molecule has 0 spiro atoms. The molecule has 0 radical (unpaired) electrons. The molecule has 0 aromatic heterocycles. The van der Waals surface area contributed by atoms with Crippen LogP contribution in [0.3, 0.4) is 0 Å². The first kappa shape index (κ1) is 23.1. The first-order valence-electron chi connectivity index (χ1n) is 9.35. The topological polar surface area (TPSA) is 84.5 Å². The van der Waals surface area contributed by atoms with Gasteiger partial charge in [-0.05, 0) is 48.4 Å². The molecule has 0 bridgehead atoms. The lowest BCUT2D eigenvalue weighted by atomic mass is 10.2. The lowest BCUT2D eigenvalue weighted by Gasteiger charge is -2.10. The van der Waals surface area contributed by atoms with Crippen molar-refractivity contribution in [2.24, 2.45) is 0 Å². The predicted octanol–water partition coefficient (Wildman–Crippen LogP) is 4.53. The summed E-state index contributed by atoms with van der Waals surface area (Å²) in [5.41, 5.74) is 1.43. The summed E-state index contributed by atoms with van der Waals surface area (Å²) in [4.78, 5) is 12.2. The van der Waals surface area contributed by atoms with Crippen LogP contribution in [0.25, 0.3) is 0 Å². The van der Waals surface area contributed by atoms with Gasteiger partial charge in [0.05, 0.1) is 20.6 Å². The fourth-order valence-corrected chi connectivity index (χ4v) is 4.09. The molecule has 3 aromatic carbocycles. The van der Waals surface area contributed by atoms with Gasteiger partial charge in [-0.25, -0.2) is 13.1 Å². The maximum absolute atomic E-state index is 12.4. The van der Waals surface area contributed by atoms with E-state index in [9.17, 15) is 13.2 Å². The molecule has 1 amide bonds. The van der Waals surface area contributed by atoms with Crippen molar-refractivity contribution in [1.29, 1.82) is 0 Å². The SMILES string of the molecule is O=C(COc1ccc(S(=O)(=O)NCCc2ccccc2)cc1)Nc1cccc(Cl)c1Cl. The number of benzene rings is 3. The number of hydrogen-bond donors (Lipinski definition) is 2. The highest BCUT2D eigenvalue weighted by Gasteiger charge is 2.14. The molecule has 0 unspecified atom stereocenters. The minimum absolute atomic E-state index is 0.114. The zero-order chi connectivity index (χ0) is 22.3. The molecule has 6 nitrogen and oxygen atoms in total. The summed E-state index contributed by atoms with van der Waals surface area (Å²) >= 11 is 12.0. The van der Waals surface area contributed by atoms with Gasteiger partial charge < -0.3 is 10.1 Å². The van der Waals surface area contributed by atoms with Gasteiger partial charge in [-0.1, -0.05) is 59.6 Å². The van der Waals surface area contributed by atoms with Gasteiger partial charge in [-0.2, -0.15) is 0 Å². The Kier molecular flexibility index (Phi) is 7.92. The molecule has 0 saturated heterocycles. The molecule has 0 aliphatic heterocycles. The second kappa shape index (κ2) is 10.6. The van der Waals surface area contributed by atoms with E-state index in [2.05, 4.69) is 10.0 Å². The Morgan fingerprint density at radius 2 is 1.61 bits per heavy atom. The monoisotopic (exact) mass is 478 g/mol. The van der Waals surface area contributed by atoms with E-state index in [1.807, 2.05) is 30.3 Å². The molecule has 0 saturated carbocycles. The van der Waals surface area contributed by atoms with E-state index in [4.69, 9.17) is 27.9 Å². The Labute approximate surface area is 191 Å². The number of rotatable bonds is 9. The molecule has 0 aliphatic carbocycles. The molecule has 3 aromatic rings. The van der Waals surface area contributed by atoms with Crippen molar-refractivity contribution >= 4 is 44.8 Å². The number of nitrogens with one attached hydrogen (secondary N) is 2. The van der Waals surface area contributed by atoms with E-state index in [0.29, 0.717) is 22.9 Å². The highest BCUT2D eigenvalue weighted by atomic mass is 35.5. The number of ether oxygens (including phenoxy) is 1. The normalized spacial score (nSPS) is 11.2. The lowest BCUT2D eigenvalue weighted by molar-refractivity contribution is -0.118. The number of amides is 1. The van der Waals surface area contributed by atoms with E-state index in [1.165, 1.54) is 24.3 Å². The van der Waals surface area contributed by atoms with E-state index in [1.54, 1.807) is 18.2 Å². The molecule has 162 valence electrons. The Hall–Kier alpha value is -2.58. The molecule has 0 aliphatic rings. The summed E-state index contributed by atoms with van der Waals surface area (Å²) in [6.07, 6.45) is 0.590. The van der Waals surface area contributed by atoms with Gasteiger partial charge in [0.2, 0.25) is 10.0 Å². The average molecular weight is 479 g/mol. The number of sulfonamides is 1. The average Bonchev–Trinajstić information content (AvgIpc) is 2.76. The van der Waals surface area contributed by atoms with Crippen molar-refractivity contribution in [2.75, 3.05) is 18.5 Å². The van der Waals surface area contributed by atoms with Gasteiger partial charge in [-0.3, -0.25) is 4.79 Å². The fourth-order valence-electron chi connectivity index (χ4n) is 2.71. The molecule has 0 heterocycles. The van der Waals surface area contributed by atoms with E-state index in [0.717, 1.165) is 5.56 Å². The third-order valence-electron chi connectivity index (χ3n) is 4.28. The standard InChI is InChI=1S/C22H20Cl2N2O4S/c23-19-7-4-8-20(22(19)24)26-21(27)15-30-17-9-11-18(12-10-17)31(28,29)25-14-13-16-5-2-1-3-6-16/h1-12,25H,13-15H2,(H,26,27). The van der Waals surface area contributed by atoms with Crippen LogP contribution in [0.15, 0.2) is 77.7 Å². The highest BCUT2D eigenvalue weighted by Crippen LogP contribution is 2.29. The van der Waals surface area contributed by atoms with Crippen LogP contribution in [-0.4, -0.2) is 27.5 Å². The van der Waals surface area contributed by atoms with Crippen LogP contribution in [0.1, 0.15) is 5.56 Å². The molecule has 9 heteroatoms. The van der Waals surface area contributed by atoms with Crippen molar-refractivity contribution < 1.29 is 17.9 Å².